The van der Waals surface area contributed by atoms with E-state index in [-0.39, 0.29) is 25.1 Å². The molecule has 0 spiro atoms. The van der Waals surface area contributed by atoms with E-state index in [4.69, 9.17) is 15.6 Å². The maximum atomic E-state index is 8.73. The van der Waals surface area contributed by atoms with Crippen LogP contribution in [0.5, 0.6) is 5.75 Å². The van der Waals surface area contributed by atoms with Crippen LogP contribution in [-0.2, 0) is 0 Å². The summed E-state index contributed by atoms with van der Waals surface area (Å²) in [5.74, 6) is 0.868. The molecule has 0 aliphatic rings. The lowest BCUT2D eigenvalue weighted by Crippen LogP contribution is -2.11. The second-order valence-corrected chi connectivity index (χ2v) is 3.70. The van der Waals surface area contributed by atoms with Crippen molar-refractivity contribution < 1.29 is 9.84 Å². The van der Waals surface area contributed by atoms with Gasteiger partial charge in [-0.1, -0.05) is 12.1 Å². The van der Waals surface area contributed by atoms with Gasteiger partial charge in [-0.25, -0.2) is 0 Å². The number of hydrogen-bond acceptors (Lipinski definition) is 3. The largest absolute Gasteiger partial charge is 0.496 e. The Morgan fingerprint density at radius 2 is 2.12 bits per heavy atom. The summed E-state index contributed by atoms with van der Waals surface area (Å²) in [5.41, 5.74) is 8.16. The summed E-state index contributed by atoms with van der Waals surface area (Å²) in [6.45, 7) is 2.19. The Hall–Kier alpha value is -0.770. The van der Waals surface area contributed by atoms with E-state index in [1.165, 1.54) is 0 Å². The van der Waals surface area contributed by atoms with Gasteiger partial charge in [-0.05, 0) is 37.0 Å². The van der Waals surface area contributed by atoms with Crippen LogP contribution in [0.4, 0.5) is 0 Å². The van der Waals surface area contributed by atoms with E-state index in [0.717, 1.165) is 29.7 Å². The maximum Gasteiger partial charge on any atom is 0.122 e. The number of halogens is 1. The molecule has 0 saturated heterocycles. The Bertz CT molecular complexity index is 318. The van der Waals surface area contributed by atoms with Crippen molar-refractivity contribution in [1.82, 2.24) is 0 Å². The molecule has 0 saturated carbocycles. The summed E-state index contributed by atoms with van der Waals surface area (Å²) in [6.07, 6.45) is 1.53. The summed E-state index contributed by atoms with van der Waals surface area (Å²) < 4.78 is 5.24. The van der Waals surface area contributed by atoms with Gasteiger partial charge in [0.2, 0.25) is 0 Å². The molecule has 1 atom stereocenters. The second-order valence-electron chi connectivity index (χ2n) is 3.70. The molecule has 0 bridgehead atoms. The van der Waals surface area contributed by atoms with Crippen LogP contribution in [-0.4, -0.2) is 18.8 Å². The zero-order valence-corrected chi connectivity index (χ0v) is 10.6. The van der Waals surface area contributed by atoms with Crippen molar-refractivity contribution in [1.29, 1.82) is 0 Å². The number of methoxy groups -OCH3 is 1. The van der Waals surface area contributed by atoms with E-state index in [0.29, 0.717) is 0 Å². The van der Waals surface area contributed by atoms with Gasteiger partial charge in [-0.15, -0.1) is 12.4 Å². The number of benzene rings is 1. The molecule has 92 valence electrons. The SMILES string of the molecule is COc1cc([C@@H](N)CCCO)ccc1C.Cl. The summed E-state index contributed by atoms with van der Waals surface area (Å²) >= 11 is 0. The first-order valence-electron chi connectivity index (χ1n) is 5.20. The minimum atomic E-state index is -0.0216. The Morgan fingerprint density at radius 3 is 2.69 bits per heavy atom. The van der Waals surface area contributed by atoms with Gasteiger partial charge in [0.15, 0.2) is 0 Å². The first-order chi connectivity index (χ1) is 7.19. The van der Waals surface area contributed by atoms with Crippen molar-refractivity contribution in [3.05, 3.63) is 29.3 Å². The number of aryl methyl sites for hydroxylation is 1. The Balaban J connectivity index is 0.00000225. The zero-order chi connectivity index (χ0) is 11.3. The van der Waals surface area contributed by atoms with Gasteiger partial charge in [-0.2, -0.15) is 0 Å². The Labute approximate surface area is 103 Å². The minimum absolute atomic E-state index is 0. The van der Waals surface area contributed by atoms with Crippen LogP contribution in [0.1, 0.15) is 30.0 Å². The highest BCUT2D eigenvalue weighted by Crippen LogP contribution is 2.24. The van der Waals surface area contributed by atoms with E-state index >= 15 is 0 Å². The average Bonchev–Trinajstić information content (AvgIpc) is 2.26. The van der Waals surface area contributed by atoms with Gasteiger partial charge < -0.3 is 15.6 Å². The fourth-order valence-electron chi connectivity index (χ4n) is 1.55. The number of nitrogens with two attached hydrogens (primary N) is 1. The molecular formula is C12H20ClNO2. The molecule has 4 heteroatoms. The Kier molecular flexibility index (Phi) is 7.13. The Morgan fingerprint density at radius 1 is 1.44 bits per heavy atom. The molecule has 0 aromatic heterocycles. The van der Waals surface area contributed by atoms with Crippen molar-refractivity contribution in [2.24, 2.45) is 5.73 Å². The molecular weight excluding hydrogens is 226 g/mol. The molecule has 0 heterocycles. The van der Waals surface area contributed by atoms with Crippen molar-refractivity contribution in [3.63, 3.8) is 0 Å². The van der Waals surface area contributed by atoms with Crippen molar-refractivity contribution in [3.8, 4) is 5.75 Å². The van der Waals surface area contributed by atoms with Crippen molar-refractivity contribution in [2.75, 3.05) is 13.7 Å². The smallest absolute Gasteiger partial charge is 0.122 e. The topological polar surface area (TPSA) is 55.5 Å². The fourth-order valence-corrected chi connectivity index (χ4v) is 1.55. The number of ether oxygens (including phenoxy) is 1. The molecule has 0 aliphatic carbocycles. The van der Waals surface area contributed by atoms with E-state index in [1.54, 1.807) is 7.11 Å². The quantitative estimate of drug-likeness (QED) is 0.836. The third kappa shape index (κ3) is 4.00. The van der Waals surface area contributed by atoms with E-state index in [2.05, 4.69) is 0 Å². The van der Waals surface area contributed by atoms with Crippen molar-refractivity contribution in [2.45, 2.75) is 25.8 Å². The molecule has 1 rings (SSSR count). The molecule has 3 N–H and O–H groups in total. The molecule has 0 unspecified atom stereocenters. The van der Waals surface area contributed by atoms with Crippen LogP contribution in [0.25, 0.3) is 0 Å². The lowest BCUT2D eigenvalue weighted by atomic mass is 10.0. The lowest BCUT2D eigenvalue weighted by Gasteiger charge is -2.13. The highest BCUT2D eigenvalue weighted by atomic mass is 35.5. The molecule has 16 heavy (non-hydrogen) atoms. The number of hydrogen-bond donors (Lipinski definition) is 2. The minimum Gasteiger partial charge on any atom is -0.496 e. The van der Waals surface area contributed by atoms with Crippen LogP contribution in [0.2, 0.25) is 0 Å². The number of rotatable bonds is 5. The highest BCUT2D eigenvalue weighted by molar-refractivity contribution is 5.85. The monoisotopic (exact) mass is 245 g/mol. The third-order valence-corrected chi connectivity index (χ3v) is 2.53. The third-order valence-electron chi connectivity index (χ3n) is 2.53. The van der Waals surface area contributed by atoms with E-state index in [9.17, 15) is 0 Å². The van der Waals surface area contributed by atoms with Crippen LogP contribution in [0, 0.1) is 6.92 Å². The first-order valence-corrected chi connectivity index (χ1v) is 5.20. The summed E-state index contributed by atoms with van der Waals surface area (Å²) in [7, 11) is 1.66. The average molecular weight is 246 g/mol. The first kappa shape index (κ1) is 15.2. The van der Waals surface area contributed by atoms with Gasteiger partial charge in [0, 0.05) is 12.6 Å². The van der Waals surface area contributed by atoms with Crippen LogP contribution in [0.3, 0.4) is 0 Å². The highest BCUT2D eigenvalue weighted by Gasteiger charge is 2.07. The fraction of sp³-hybridized carbons (Fsp3) is 0.500. The van der Waals surface area contributed by atoms with Gasteiger partial charge in [0.05, 0.1) is 7.11 Å². The predicted octanol–water partition coefficient (Wildman–Crippen LogP) is 2.20. The molecule has 0 fully saturated rings. The molecule has 0 amide bonds. The van der Waals surface area contributed by atoms with Crippen LogP contribution < -0.4 is 10.5 Å². The molecule has 0 radical (unpaired) electrons. The summed E-state index contributed by atoms with van der Waals surface area (Å²) in [4.78, 5) is 0. The standard InChI is InChI=1S/C12H19NO2.ClH/c1-9-5-6-10(8-12(9)15-2)11(13)4-3-7-14;/h5-6,8,11,14H,3-4,7,13H2,1-2H3;1H/t11-;/m0./s1. The summed E-state index contributed by atoms with van der Waals surface area (Å²) in [5, 5.41) is 8.73. The lowest BCUT2D eigenvalue weighted by molar-refractivity contribution is 0.280. The van der Waals surface area contributed by atoms with Gasteiger partial charge in [-0.3, -0.25) is 0 Å². The molecule has 0 aliphatic heterocycles. The number of aliphatic hydroxyl groups excluding tert-OH is 1. The normalized spacial score (nSPS) is 11.8. The zero-order valence-electron chi connectivity index (χ0n) is 9.77. The molecule has 1 aromatic rings. The predicted molar refractivity (Wildman–Crippen MR) is 68.2 cm³/mol. The summed E-state index contributed by atoms with van der Waals surface area (Å²) in [6, 6.07) is 5.97. The van der Waals surface area contributed by atoms with Crippen LogP contribution >= 0.6 is 12.4 Å². The van der Waals surface area contributed by atoms with Gasteiger partial charge >= 0.3 is 0 Å². The van der Waals surface area contributed by atoms with E-state index in [1.807, 2.05) is 25.1 Å². The van der Waals surface area contributed by atoms with E-state index < -0.39 is 0 Å². The van der Waals surface area contributed by atoms with Gasteiger partial charge in [0.25, 0.3) is 0 Å². The molecule has 3 nitrogen and oxygen atoms in total. The maximum absolute atomic E-state index is 8.73. The molecule has 1 aromatic carbocycles. The van der Waals surface area contributed by atoms with Crippen molar-refractivity contribution >= 4 is 12.4 Å². The number of aliphatic hydroxyl groups is 1. The van der Waals surface area contributed by atoms with Crippen LogP contribution in [0.15, 0.2) is 18.2 Å². The van der Waals surface area contributed by atoms with Gasteiger partial charge in [0.1, 0.15) is 5.75 Å². The second kappa shape index (κ2) is 7.49.